The van der Waals surface area contributed by atoms with Gasteiger partial charge in [0.15, 0.2) is 0 Å². The highest BCUT2D eigenvalue weighted by Crippen LogP contribution is 2.62. The zero-order valence-corrected chi connectivity index (χ0v) is 23.9. The van der Waals surface area contributed by atoms with Crippen molar-refractivity contribution in [1.29, 1.82) is 0 Å². The molecule has 0 fully saturated rings. The maximum Gasteiger partial charge on any atom is 0.454 e. The minimum Gasteiger partial charge on any atom is -0.360 e. The van der Waals surface area contributed by atoms with Crippen molar-refractivity contribution in [2.75, 3.05) is 14.2 Å². The smallest absolute Gasteiger partial charge is 0.360 e. The van der Waals surface area contributed by atoms with Crippen molar-refractivity contribution in [2.24, 2.45) is 0 Å². The fraction of sp³-hybridized carbons (Fsp3) is 0.233. The summed E-state index contributed by atoms with van der Waals surface area (Å²) in [4.78, 5) is 12.4. The van der Waals surface area contributed by atoms with Crippen LogP contribution in [0.2, 0.25) is 0 Å². The van der Waals surface area contributed by atoms with E-state index in [0.717, 1.165) is 44.2 Å². The molecule has 14 heteroatoms. The van der Waals surface area contributed by atoms with Gasteiger partial charge in [-0.15, -0.1) is 0 Å². The predicted molar refractivity (Wildman–Crippen MR) is 143 cm³/mol. The van der Waals surface area contributed by atoms with Crippen LogP contribution in [0.1, 0.15) is 32.6 Å². The van der Waals surface area contributed by atoms with Crippen LogP contribution in [-0.2, 0) is 20.7 Å². The van der Waals surface area contributed by atoms with Crippen molar-refractivity contribution < 1.29 is 53.8 Å². The molecule has 0 saturated carbocycles. The quantitative estimate of drug-likeness (QED) is 0.162. The van der Waals surface area contributed by atoms with Gasteiger partial charge in [-0.05, 0) is 23.6 Å². The van der Waals surface area contributed by atoms with Gasteiger partial charge < -0.3 is 9.47 Å². The molecule has 0 saturated heterocycles. The lowest BCUT2D eigenvalue weighted by Gasteiger charge is -2.42. The summed E-state index contributed by atoms with van der Waals surface area (Å²) in [6.45, 7) is 0. The monoisotopic (exact) mass is 660 g/mol. The number of hydrogen-bond acceptors (Lipinski definition) is 5. The van der Waals surface area contributed by atoms with Gasteiger partial charge in [-0.1, -0.05) is 72.1 Å². The number of carbonyl (C=O) groups excluding carboxylic acids is 1. The molecular formula is C30H17F9O3S2. The van der Waals surface area contributed by atoms with Crippen molar-refractivity contribution in [2.45, 2.75) is 49.3 Å². The van der Waals surface area contributed by atoms with E-state index in [2.05, 4.69) is 0 Å². The van der Waals surface area contributed by atoms with Crippen LogP contribution in [0.25, 0.3) is 10.8 Å². The largest absolute Gasteiger partial charge is 0.454 e. The second-order valence-corrected chi connectivity index (χ2v) is 12.1. The summed E-state index contributed by atoms with van der Waals surface area (Å²) in [6.07, 6.45) is -16.0. The first-order valence-corrected chi connectivity index (χ1v) is 14.2. The second kappa shape index (κ2) is 9.90. The molecule has 3 nitrogen and oxygen atoms in total. The molecule has 2 heterocycles. The number of fused-ring (bicyclic) bond motifs is 7. The van der Waals surface area contributed by atoms with Crippen molar-refractivity contribution in [3.05, 3.63) is 94.5 Å². The van der Waals surface area contributed by atoms with Gasteiger partial charge in [0.2, 0.25) is 11.2 Å². The number of rotatable bonds is 3. The Morgan fingerprint density at radius 3 is 1.59 bits per heavy atom. The standard InChI is InChI=1S/C30H17F9O3S2/c1-41-26(29(34,35)36)16-7-3-6-10-21(16)44-24-18(26)12-11-14-22(24)15(25(40)28(31,32)33)13-19-23(14)43-20-9-5-4-8-17(20)27(19,42-2)30(37,38)39/h3-13H,1-2H3. The van der Waals surface area contributed by atoms with Crippen molar-refractivity contribution in [3.8, 4) is 0 Å². The first kappa shape index (κ1) is 30.8. The van der Waals surface area contributed by atoms with E-state index in [1.54, 1.807) is 0 Å². The second-order valence-electron chi connectivity index (χ2n) is 9.96. The Kier molecular flexibility index (Phi) is 6.93. The Balaban J connectivity index is 1.82. The van der Waals surface area contributed by atoms with Crippen molar-refractivity contribution in [1.82, 2.24) is 0 Å². The number of methoxy groups -OCH3 is 2. The molecule has 0 amide bonds. The number of carbonyl (C=O) groups is 1. The van der Waals surface area contributed by atoms with Gasteiger partial charge in [0.1, 0.15) is 0 Å². The zero-order chi connectivity index (χ0) is 32.0. The summed E-state index contributed by atoms with van der Waals surface area (Å²) in [6, 6.07) is 12.9. The van der Waals surface area contributed by atoms with Crippen LogP contribution in [0, 0.1) is 0 Å². The molecule has 0 bridgehead atoms. The maximum atomic E-state index is 15.1. The summed E-state index contributed by atoms with van der Waals surface area (Å²) in [7, 11) is 1.54. The highest BCUT2D eigenvalue weighted by atomic mass is 32.2. The van der Waals surface area contributed by atoms with E-state index >= 15 is 13.2 Å². The lowest BCUT2D eigenvalue weighted by Crippen LogP contribution is -2.47. The third-order valence-corrected chi connectivity index (χ3v) is 10.3. The van der Waals surface area contributed by atoms with Crippen LogP contribution >= 0.6 is 23.5 Å². The highest BCUT2D eigenvalue weighted by Gasteiger charge is 2.63. The molecule has 0 radical (unpaired) electrons. The van der Waals surface area contributed by atoms with Crippen molar-refractivity contribution >= 4 is 40.1 Å². The normalized spacial score (nSPS) is 21.3. The Morgan fingerprint density at radius 2 is 1.11 bits per heavy atom. The van der Waals surface area contributed by atoms with E-state index in [-0.39, 0.29) is 25.6 Å². The zero-order valence-electron chi connectivity index (χ0n) is 22.3. The first-order chi connectivity index (χ1) is 20.5. The average molecular weight is 661 g/mol. The van der Waals surface area contributed by atoms with Gasteiger partial charge in [-0.25, -0.2) is 0 Å². The lowest BCUT2D eigenvalue weighted by atomic mass is 9.79. The molecule has 230 valence electrons. The van der Waals surface area contributed by atoms with Gasteiger partial charge in [-0.2, -0.15) is 39.5 Å². The van der Waals surface area contributed by atoms with E-state index in [4.69, 9.17) is 9.47 Å². The fourth-order valence-electron chi connectivity index (χ4n) is 6.04. The molecule has 6 rings (SSSR count). The average Bonchev–Trinajstić information content (AvgIpc) is 2.96. The third-order valence-electron chi connectivity index (χ3n) is 7.83. The van der Waals surface area contributed by atoms with Crippen LogP contribution in [0.3, 0.4) is 0 Å². The van der Waals surface area contributed by atoms with E-state index in [1.807, 2.05) is 0 Å². The summed E-state index contributed by atoms with van der Waals surface area (Å²) < 4.78 is 143. The molecule has 44 heavy (non-hydrogen) atoms. The van der Waals surface area contributed by atoms with Crippen LogP contribution in [0.15, 0.2) is 86.3 Å². The molecule has 0 N–H and O–H groups in total. The number of halogens is 9. The van der Waals surface area contributed by atoms with E-state index in [1.165, 1.54) is 42.5 Å². The highest BCUT2D eigenvalue weighted by molar-refractivity contribution is 8.00. The van der Waals surface area contributed by atoms with Gasteiger partial charge >= 0.3 is 18.5 Å². The van der Waals surface area contributed by atoms with Crippen LogP contribution < -0.4 is 0 Å². The van der Waals surface area contributed by atoms with Gasteiger partial charge in [-0.3, -0.25) is 4.79 Å². The Hall–Kier alpha value is -3.20. The SMILES string of the molecule is COC1(C(F)(F)F)c2ccccc2Sc2c1cc(C(=O)C(F)(F)F)c1c3c(ccc21)C(OC)(C(F)(F)F)c1ccccc1S3. The van der Waals surface area contributed by atoms with E-state index < -0.39 is 68.0 Å². The topological polar surface area (TPSA) is 35.5 Å². The minimum atomic E-state index is -5.59. The molecule has 2 aliphatic rings. The predicted octanol–water partition coefficient (Wildman–Crippen LogP) is 9.42. The first-order valence-electron chi connectivity index (χ1n) is 12.6. The Labute approximate surface area is 251 Å². The number of ketones is 1. The number of benzene rings is 4. The maximum absolute atomic E-state index is 15.1. The van der Waals surface area contributed by atoms with Gasteiger partial charge in [0.05, 0.1) is 0 Å². The molecule has 0 aliphatic carbocycles. The van der Waals surface area contributed by atoms with E-state index in [9.17, 15) is 31.1 Å². The molecule has 4 aromatic rings. The summed E-state index contributed by atoms with van der Waals surface area (Å²) >= 11 is 1.46. The minimum absolute atomic E-state index is 0.0191. The van der Waals surface area contributed by atoms with Crippen molar-refractivity contribution in [3.63, 3.8) is 0 Å². The number of Topliss-reactive ketones (excluding diaryl/α,β-unsaturated/α-hetero) is 1. The molecule has 0 aromatic heterocycles. The Morgan fingerprint density at radius 1 is 0.636 bits per heavy atom. The molecular weight excluding hydrogens is 643 g/mol. The number of alkyl halides is 9. The summed E-state index contributed by atoms with van der Waals surface area (Å²) in [5.41, 5.74) is -9.82. The molecule has 2 atom stereocenters. The lowest BCUT2D eigenvalue weighted by molar-refractivity contribution is -0.260. The summed E-state index contributed by atoms with van der Waals surface area (Å²) in [5, 5.41) is -0.856. The van der Waals surface area contributed by atoms with E-state index in [0.29, 0.717) is 17.8 Å². The molecule has 2 aliphatic heterocycles. The number of hydrogen-bond donors (Lipinski definition) is 0. The fourth-order valence-corrected chi connectivity index (χ4v) is 8.65. The third kappa shape index (κ3) is 4.00. The molecule has 4 aromatic carbocycles. The van der Waals surface area contributed by atoms with Crippen LogP contribution in [0.4, 0.5) is 39.5 Å². The Bertz CT molecular complexity index is 1850. The van der Waals surface area contributed by atoms with Crippen LogP contribution in [0.5, 0.6) is 0 Å². The molecule has 2 unspecified atom stereocenters. The molecule has 0 spiro atoms. The van der Waals surface area contributed by atoms with Gasteiger partial charge in [0.25, 0.3) is 5.78 Å². The van der Waals surface area contributed by atoms with Gasteiger partial charge in [0, 0.05) is 67.0 Å². The van der Waals surface area contributed by atoms with Crippen LogP contribution in [-0.4, -0.2) is 38.5 Å². The number of ether oxygens (including phenoxy) is 2. The summed E-state index contributed by atoms with van der Waals surface area (Å²) in [5.74, 6) is -2.52.